The summed E-state index contributed by atoms with van der Waals surface area (Å²) >= 11 is 0. The molecule has 43 heavy (non-hydrogen) atoms. The van der Waals surface area contributed by atoms with Gasteiger partial charge in [-0.3, -0.25) is 14.4 Å². The van der Waals surface area contributed by atoms with Crippen molar-refractivity contribution >= 4 is 39.3 Å². The molecule has 13 heteroatoms. The van der Waals surface area contributed by atoms with E-state index in [1.54, 1.807) is 24.4 Å². The van der Waals surface area contributed by atoms with Gasteiger partial charge < -0.3 is 15.5 Å². The fourth-order valence-electron chi connectivity index (χ4n) is 6.57. The van der Waals surface area contributed by atoms with E-state index in [0.29, 0.717) is 30.4 Å². The Labute approximate surface area is 247 Å². The highest BCUT2D eigenvalue weighted by Crippen LogP contribution is 2.47. The van der Waals surface area contributed by atoms with E-state index in [1.807, 2.05) is 12.1 Å². The van der Waals surface area contributed by atoms with Gasteiger partial charge >= 0.3 is 0 Å². The summed E-state index contributed by atoms with van der Waals surface area (Å²) in [7, 11) is -3.90. The molecule has 1 spiro atoms. The molecule has 2 N–H and O–H groups in total. The number of nitrogens with zero attached hydrogens (tertiary/aromatic N) is 3. The molecule has 2 aliphatic heterocycles. The number of hydrogen-bond donors (Lipinski definition) is 2. The van der Waals surface area contributed by atoms with Crippen LogP contribution in [0.2, 0.25) is 0 Å². The molecular weight excluding hydrogens is 580 g/mol. The first-order valence-corrected chi connectivity index (χ1v) is 15.5. The molecule has 224 valence electrons. The number of amides is 3. The first-order chi connectivity index (χ1) is 20.2. The van der Waals surface area contributed by atoms with E-state index in [0.717, 1.165) is 44.3 Å². The fraction of sp³-hybridized carbons (Fsp3) is 0.333. The number of carbonyl (C=O) groups is 3. The number of fused-ring (bicyclic) bond motifs is 3. The number of benzene rings is 2. The minimum Gasteiger partial charge on any atom is -0.325 e. The Bertz CT molecular complexity index is 1790. The highest BCUT2D eigenvalue weighted by atomic mass is 32.2. The largest absolute Gasteiger partial charge is 0.325 e. The summed E-state index contributed by atoms with van der Waals surface area (Å²) < 4.78 is 54.5. The molecule has 0 unspecified atom stereocenters. The van der Waals surface area contributed by atoms with Crippen molar-refractivity contribution in [1.82, 2.24) is 14.2 Å². The van der Waals surface area contributed by atoms with Gasteiger partial charge in [0.25, 0.3) is 0 Å². The quantitative estimate of drug-likeness (QED) is 0.458. The molecule has 6 rings (SSSR count). The molecule has 1 aliphatic carbocycles. The topological polar surface area (TPSA) is 129 Å². The first-order valence-electron chi connectivity index (χ1n) is 13.6. The Morgan fingerprint density at radius 1 is 1.07 bits per heavy atom. The molecule has 0 radical (unpaired) electrons. The number of sulfonamides is 1. The SMILES string of the molecule is CC1(C)C(=O)N(CC(=O)Nc2ccc3c(c2)C[C@@]2(C3)C(=O)Nc3ncccc32)[C@H](c2cc(F)cc(F)c2)CN1S(C)(=O)=O. The van der Waals surface area contributed by atoms with Crippen LogP contribution in [-0.2, 0) is 42.7 Å². The zero-order valence-corrected chi connectivity index (χ0v) is 24.5. The Kier molecular flexibility index (Phi) is 6.66. The second kappa shape index (κ2) is 9.91. The van der Waals surface area contributed by atoms with Crippen LogP contribution in [0.5, 0.6) is 0 Å². The molecule has 10 nitrogen and oxygen atoms in total. The molecule has 2 aromatic carbocycles. The monoisotopic (exact) mass is 609 g/mol. The van der Waals surface area contributed by atoms with Crippen molar-refractivity contribution in [3.8, 4) is 0 Å². The third kappa shape index (κ3) is 4.85. The van der Waals surface area contributed by atoms with Gasteiger partial charge in [-0.2, -0.15) is 4.31 Å². The van der Waals surface area contributed by atoms with Crippen LogP contribution < -0.4 is 10.6 Å². The summed E-state index contributed by atoms with van der Waals surface area (Å²) in [4.78, 5) is 45.5. The van der Waals surface area contributed by atoms with Crippen molar-refractivity contribution in [2.45, 2.75) is 43.7 Å². The molecule has 0 bridgehead atoms. The van der Waals surface area contributed by atoms with Gasteiger partial charge in [-0.1, -0.05) is 12.1 Å². The van der Waals surface area contributed by atoms with E-state index in [9.17, 15) is 31.6 Å². The Morgan fingerprint density at radius 2 is 1.77 bits per heavy atom. The Morgan fingerprint density at radius 3 is 2.47 bits per heavy atom. The second-order valence-corrected chi connectivity index (χ2v) is 13.7. The van der Waals surface area contributed by atoms with Crippen LogP contribution >= 0.6 is 0 Å². The van der Waals surface area contributed by atoms with Gasteiger partial charge in [0, 0.05) is 30.1 Å². The average molecular weight is 610 g/mol. The summed E-state index contributed by atoms with van der Waals surface area (Å²) in [5.74, 6) is -2.65. The van der Waals surface area contributed by atoms with Gasteiger partial charge in [-0.05, 0) is 73.7 Å². The van der Waals surface area contributed by atoms with E-state index in [-0.39, 0.29) is 18.0 Å². The summed E-state index contributed by atoms with van der Waals surface area (Å²) in [6, 6.07) is 10.6. The number of piperazine rings is 1. The van der Waals surface area contributed by atoms with Crippen molar-refractivity contribution in [3.63, 3.8) is 0 Å². The van der Waals surface area contributed by atoms with Crippen LogP contribution in [0.3, 0.4) is 0 Å². The van der Waals surface area contributed by atoms with Gasteiger partial charge in [0.05, 0.1) is 17.7 Å². The van der Waals surface area contributed by atoms with Gasteiger partial charge in [-0.15, -0.1) is 0 Å². The number of aromatic nitrogens is 1. The van der Waals surface area contributed by atoms with Crippen LogP contribution in [-0.4, -0.2) is 65.2 Å². The molecule has 1 fully saturated rings. The normalized spacial score (nSPS) is 22.8. The molecule has 3 amide bonds. The summed E-state index contributed by atoms with van der Waals surface area (Å²) in [5.41, 5.74) is 0.819. The lowest BCUT2D eigenvalue weighted by Crippen LogP contribution is -2.65. The van der Waals surface area contributed by atoms with Gasteiger partial charge in [-0.25, -0.2) is 22.2 Å². The van der Waals surface area contributed by atoms with Crippen LogP contribution in [0, 0.1) is 11.6 Å². The second-order valence-electron chi connectivity index (χ2n) is 11.8. The summed E-state index contributed by atoms with van der Waals surface area (Å²) in [5, 5.41) is 5.65. The predicted octanol–water partition coefficient (Wildman–Crippen LogP) is 2.91. The maximum Gasteiger partial charge on any atom is 0.244 e. The highest BCUT2D eigenvalue weighted by molar-refractivity contribution is 7.88. The number of rotatable bonds is 5. The minimum atomic E-state index is -3.90. The zero-order valence-electron chi connectivity index (χ0n) is 23.6. The van der Waals surface area contributed by atoms with Crippen molar-refractivity contribution in [2.75, 3.05) is 30.0 Å². The van der Waals surface area contributed by atoms with E-state index in [1.165, 1.54) is 13.8 Å². The third-order valence-electron chi connectivity index (χ3n) is 8.57. The van der Waals surface area contributed by atoms with Crippen molar-refractivity contribution in [3.05, 3.63) is 88.6 Å². The number of carbonyl (C=O) groups excluding carboxylic acids is 3. The van der Waals surface area contributed by atoms with Crippen LogP contribution in [0.4, 0.5) is 20.3 Å². The predicted molar refractivity (Wildman–Crippen MR) is 153 cm³/mol. The standard InChI is InChI=1S/C30H29F2N5O5S/c1-29(2)28(40)36(24(15-37(29)43(3,41)42)18-9-20(31)12-21(32)10-18)16-25(38)34-22-7-6-17-13-30(14-19(17)11-22)23-5-4-8-33-26(23)35-27(30)39/h4-12,24H,13-16H2,1-3H3,(H,34,38)(H,33,35,39)/t24-,30+/m0/s1. The fourth-order valence-corrected chi connectivity index (χ4v) is 7.89. The van der Waals surface area contributed by atoms with E-state index in [4.69, 9.17) is 0 Å². The molecule has 3 aliphatic rings. The molecule has 3 heterocycles. The molecule has 3 aromatic rings. The maximum atomic E-state index is 14.2. The van der Waals surface area contributed by atoms with E-state index >= 15 is 0 Å². The van der Waals surface area contributed by atoms with Crippen molar-refractivity contribution < 1.29 is 31.6 Å². The number of hydrogen-bond acceptors (Lipinski definition) is 6. The number of halogens is 2. The first kappa shape index (κ1) is 28.9. The van der Waals surface area contributed by atoms with Crippen LogP contribution in [0.15, 0.2) is 54.7 Å². The zero-order chi connectivity index (χ0) is 30.9. The molecular formula is C30H29F2N5O5S. The molecule has 0 saturated carbocycles. The summed E-state index contributed by atoms with van der Waals surface area (Å²) in [6.07, 6.45) is 3.48. The Balaban J connectivity index is 1.26. The molecule has 1 saturated heterocycles. The average Bonchev–Trinajstić information content (AvgIpc) is 3.42. The molecule has 1 aromatic heterocycles. The lowest BCUT2D eigenvalue weighted by molar-refractivity contribution is -0.151. The van der Waals surface area contributed by atoms with Gasteiger partial charge in [0.15, 0.2) is 0 Å². The molecule has 2 atom stereocenters. The highest BCUT2D eigenvalue weighted by Gasteiger charge is 2.52. The van der Waals surface area contributed by atoms with Crippen molar-refractivity contribution in [2.24, 2.45) is 0 Å². The lowest BCUT2D eigenvalue weighted by Gasteiger charge is -2.48. The number of anilines is 2. The third-order valence-corrected chi connectivity index (χ3v) is 9.98. The van der Waals surface area contributed by atoms with Gasteiger partial charge in [0.2, 0.25) is 27.7 Å². The Hall–Kier alpha value is -4.23. The van der Waals surface area contributed by atoms with Crippen molar-refractivity contribution in [1.29, 1.82) is 0 Å². The lowest BCUT2D eigenvalue weighted by atomic mass is 9.79. The van der Waals surface area contributed by atoms with E-state index in [2.05, 4.69) is 15.6 Å². The van der Waals surface area contributed by atoms with E-state index < -0.39 is 57.0 Å². The van der Waals surface area contributed by atoms with Crippen LogP contribution in [0.1, 0.15) is 42.1 Å². The maximum absolute atomic E-state index is 14.2. The van der Waals surface area contributed by atoms with Crippen LogP contribution in [0.25, 0.3) is 0 Å². The van der Waals surface area contributed by atoms with Gasteiger partial charge in [0.1, 0.15) is 29.5 Å². The number of nitrogens with one attached hydrogen (secondary N) is 2. The smallest absolute Gasteiger partial charge is 0.244 e. The number of pyridine rings is 1. The summed E-state index contributed by atoms with van der Waals surface area (Å²) in [6.45, 7) is 2.05. The minimum absolute atomic E-state index is 0.0234.